The largest absolute Gasteiger partial charge is 0.340 e. The number of benzene rings is 1. The molecule has 196 valence electrons. The summed E-state index contributed by atoms with van der Waals surface area (Å²) in [5, 5.41) is 0. The minimum Gasteiger partial charge on any atom is -0.340 e. The van der Waals surface area contributed by atoms with Crippen molar-refractivity contribution in [2.24, 2.45) is 16.3 Å². The first-order chi connectivity index (χ1) is 17.4. The Morgan fingerprint density at radius 1 is 0.972 bits per heavy atom. The summed E-state index contributed by atoms with van der Waals surface area (Å²) in [5.41, 5.74) is 3.43. The Balaban J connectivity index is 1.22. The Morgan fingerprint density at radius 2 is 1.69 bits per heavy atom. The van der Waals surface area contributed by atoms with Crippen LogP contribution in [0.15, 0.2) is 35.6 Å². The fourth-order valence-corrected chi connectivity index (χ4v) is 5.69. The third-order valence-corrected chi connectivity index (χ3v) is 7.70. The van der Waals surface area contributed by atoms with E-state index in [0.29, 0.717) is 12.0 Å². The lowest BCUT2D eigenvalue weighted by atomic mass is 9.86. The third kappa shape index (κ3) is 7.85. The third-order valence-electron chi connectivity index (χ3n) is 7.70. The molecular weight excluding hydrogens is 447 g/mol. The number of nitrogens with zero attached hydrogens (tertiary/aromatic N) is 4. The predicted octanol–water partition coefficient (Wildman–Crippen LogP) is 8.05. The van der Waals surface area contributed by atoms with Gasteiger partial charge in [0.2, 0.25) is 5.95 Å². The Labute approximate surface area is 217 Å². The maximum Gasteiger partial charge on any atom is 0.225 e. The molecular formula is C31H45FN4. The van der Waals surface area contributed by atoms with Crippen molar-refractivity contribution in [3.05, 3.63) is 42.0 Å². The summed E-state index contributed by atoms with van der Waals surface area (Å²) in [6, 6.07) is 5.62. The Kier molecular flexibility index (Phi) is 9.50. The van der Waals surface area contributed by atoms with Crippen LogP contribution in [0, 0.1) is 17.2 Å². The van der Waals surface area contributed by atoms with Gasteiger partial charge in [-0.2, -0.15) is 0 Å². The van der Waals surface area contributed by atoms with Gasteiger partial charge in [-0.25, -0.2) is 14.4 Å². The second kappa shape index (κ2) is 12.8. The lowest BCUT2D eigenvalue weighted by molar-refractivity contribution is 0.329. The summed E-state index contributed by atoms with van der Waals surface area (Å²) in [6.07, 6.45) is 18.8. The van der Waals surface area contributed by atoms with Crippen molar-refractivity contribution in [3.63, 3.8) is 0 Å². The summed E-state index contributed by atoms with van der Waals surface area (Å²) in [4.78, 5) is 16.3. The molecule has 2 heterocycles. The molecule has 36 heavy (non-hydrogen) atoms. The van der Waals surface area contributed by atoms with Crippen LogP contribution in [-0.2, 0) is 6.42 Å². The predicted molar refractivity (Wildman–Crippen MR) is 149 cm³/mol. The van der Waals surface area contributed by atoms with Crippen LogP contribution in [0.25, 0.3) is 11.1 Å². The smallest absolute Gasteiger partial charge is 0.225 e. The highest BCUT2D eigenvalue weighted by atomic mass is 19.1. The van der Waals surface area contributed by atoms with Crippen molar-refractivity contribution in [1.29, 1.82) is 0 Å². The number of hydrogen-bond donors (Lipinski definition) is 0. The molecule has 4 rings (SSSR count). The summed E-state index contributed by atoms with van der Waals surface area (Å²) in [7, 11) is 0. The molecule has 1 aromatic carbocycles. The molecule has 4 nitrogen and oxygen atoms in total. The molecule has 0 amide bonds. The van der Waals surface area contributed by atoms with Crippen molar-refractivity contribution >= 4 is 11.7 Å². The highest BCUT2D eigenvalue weighted by Gasteiger charge is 2.20. The van der Waals surface area contributed by atoms with Gasteiger partial charge in [-0.1, -0.05) is 90.3 Å². The van der Waals surface area contributed by atoms with E-state index in [9.17, 15) is 0 Å². The number of piperidine rings is 1. The molecule has 0 bridgehead atoms. The van der Waals surface area contributed by atoms with Crippen molar-refractivity contribution < 1.29 is 4.39 Å². The second-order valence-electron chi connectivity index (χ2n) is 12.1. The highest BCUT2D eigenvalue weighted by molar-refractivity contribution is 5.86. The van der Waals surface area contributed by atoms with Crippen molar-refractivity contribution in [2.45, 2.75) is 97.8 Å². The lowest BCUT2D eigenvalue weighted by Gasteiger charge is -2.27. The minimum absolute atomic E-state index is 0.0325. The van der Waals surface area contributed by atoms with Crippen LogP contribution in [0.2, 0.25) is 0 Å². The maximum absolute atomic E-state index is 15.2. The first kappa shape index (κ1) is 26.8. The van der Waals surface area contributed by atoms with Gasteiger partial charge in [-0.15, -0.1) is 0 Å². The number of aliphatic imine (C=N–C) groups is 1. The molecule has 0 radical (unpaired) electrons. The molecule has 2 aliphatic rings. The molecule has 0 N–H and O–H groups in total. The Hall–Kier alpha value is -2.30. The van der Waals surface area contributed by atoms with E-state index in [1.165, 1.54) is 63.5 Å². The van der Waals surface area contributed by atoms with Gasteiger partial charge in [-0.3, -0.25) is 4.99 Å². The minimum atomic E-state index is -0.156. The molecule has 0 atom stereocenters. The number of halogens is 1. The van der Waals surface area contributed by atoms with E-state index in [-0.39, 0.29) is 11.2 Å². The summed E-state index contributed by atoms with van der Waals surface area (Å²) >= 11 is 0. The standard InChI is InChI=1S/C31H45FN4/c1-31(2,3)21-25-14-10-15-28(29(25)32)26-22-34-30(35-23-26)36-19-16-27(17-20-36)33-18-9-5-8-13-24-11-6-4-7-12-24/h10,14-15,22-24H,4-9,11-13,16-21H2,1-3H3. The van der Waals surface area contributed by atoms with E-state index in [0.717, 1.165) is 55.5 Å². The number of aromatic nitrogens is 2. The van der Waals surface area contributed by atoms with Crippen molar-refractivity contribution in [3.8, 4) is 11.1 Å². The number of unbranched alkanes of at least 4 members (excludes halogenated alkanes) is 2. The molecule has 2 fully saturated rings. The fraction of sp³-hybridized carbons (Fsp3) is 0.645. The summed E-state index contributed by atoms with van der Waals surface area (Å²) < 4.78 is 15.2. The van der Waals surface area contributed by atoms with Crippen LogP contribution in [0.5, 0.6) is 0 Å². The van der Waals surface area contributed by atoms with Crippen LogP contribution in [-0.4, -0.2) is 35.3 Å². The zero-order chi connectivity index (χ0) is 25.4. The summed E-state index contributed by atoms with van der Waals surface area (Å²) in [5.74, 6) is 1.58. The molecule has 2 aromatic rings. The van der Waals surface area contributed by atoms with Gasteiger partial charge >= 0.3 is 0 Å². The average Bonchev–Trinajstić information content (AvgIpc) is 2.88. The van der Waals surface area contributed by atoms with E-state index in [1.807, 2.05) is 18.2 Å². The lowest BCUT2D eigenvalue weighted by Crippen LogP contribution is -2.35. The number of anilines is 1. The molecule has 1 saturated carbocycles. The van der Waals surface area contributed by atoms with Gasteiger partial charge < -0.3 is 4.90 Å². The first-order valence-corrected chi connectivity index (χ1v) is 14.3. The molecule has 5 heteroatoms. The van der Waals surface area contributed by atoms with E-state index in [4.69, 9.17) is 4.99 Å². The van der Waals surface area contributed by atoms with Gasteiger partial charge in [0.25, 0.3) is 0 Å². The van der Waals surface area contributed by atoms with Crippen molar-refractivity contribution in [1.82, 2.24) is 9.97 Å². The van der Waals surface area contributed by atoms with E-state index in [2.05, 4.69) is 35.6 Å². The summed E-state index contributed by atoms with van der Waals surface area (Å²) in [6.45, 7) is 9.16. The first-order valence-electron chi connectivity index (χ1n) is 14.3. The van der Waals surface area contributed by atoms with E-state index >= 15 is 4.39 Å². The molecule has 0 unspecified atom stereocenters. The zero-order valence-electron chi connectivity index (χ0n) is 22.7. The molecule has 1 aliphatic carbocycles. The Morgan fingerprint density at radius 3 is 2.39 bits per heavy atom. The monoisotopic (exact) mass is 492 g/mol. The fourth-order valence-electron chi connectivity index (χ4n) is 5.69. The number of rotatable bonds is 9. The van der Waals surface area contributed by atoms with Crippen LogP contribution in [0.1, 0.15) is 97.0 Å². The zero-order valence-corrected chi connectivity index (χ0v) is 22.7. The van der Waals surface area contributed by atoms with Crippen LogP contribution < -0.4 is 4.90 Å². The van der Waals surface area contributed by atoms with Gasteiger partial charge in [0.15, 0.2) is 0 Å². The molecule has 1 aromatic heterocycles. The average molecular weight is 493 g/mol. The van der Waals surface area contributed by atoms with Gasteiger partial charge in [-0.05, 0) is 29.7 Å². The van der Waals surface area contributed by atoms with E-state index in [1.54, 1.807) is 12.4 Å². The SMILES string of the molecule is CC(C)(C)Cc1cccc(-c2cnc(N3CCC(=NCCCCCC4CCCCC4)CC3)nc2)c1F. The van der Waals surface area contributed by atoms with Gasteiger partial charge in [0.05, 0.1) is 0 Å². The molecule has 1 aliphatic heterocycles. The van der Waals surface area contributed by atoms with Gasteiger partial charge in [0.1, 0.15) is 5.82 Å². The quantitative estimate of drug-likeness (QED) is 0.332. The normalized spacial score (nSPS) is 17.4. The highest BCUT2D eigenvalue weighted by Crippen LogP contribution is 2.30. The van der Waals surface area contributed by atoms with Crippen LogP contribution in [0.4, 0.5) is 10.3 Å². The van der Waals surface area contributed by atoms with Gasteiger partial charge in [0, 0.05) is 61.7 Å². The molecule has 0 spiro atoms. The van der Waals surface area contributed by atoms with Crippen molar-refractivity contribution in [2.75, 3.05) is 24.5 Å². The second-order valence-corrected chi connectivity index (χ2v) is 12.1. The number of hydrogen-bond acceptors (Lipinski definition) is 4. The maximum atomic E-state index is 15.2. The van der Waals surface area contributed by atoms with Crippen LogP contribution >= 0.6 is 0 Å². The van der Waals surface area contributed by atoms with E-state index < -0.39 is 0 Å². The Bertz CT molecular complexity index is 977. The molecule has 1 saturated heterocycles. The van der Waals surface area contributed by atoms with Crippen LogP contribution in [0.3, 0.4) is 0 Å². The topological polar surface area (TPSA) is 41.4 Å².